The van der Waals surface area contributed by atoms with Crippen LogP contribution in [0.15, 0.2) is 36.4 Å². The van der Waals surface area contributed by atoms with Crippen LogP contribution in [0.2, 0.25) is 0 Å². The van der Waals surface area contributed by atoms with Crippen LogP contribution in [0.25, 0.3) is 0 Å². The van der Waals surface area contributed by atoms with Crippen LogP contribution in [0.3, 0.4) is 0 Å². The predicted molar refractivity (Wildman–Crippen MR) is 82.2 cm³/mol. The highest BCUT2D eigenvalue weighted by atomic mass is 19.1. The summed E-state index contributed by atoms with van der Waals surface area (Å²) >= 11 is 0. The van der Waals surface area contributed by atoms with Gasteiger partial charge in [-0.2, -0.15) is 0 Å². The Balaban J connectivity index is 2.24. The van der Waals surface area contributed by atoms with Crippen molar-refractivity contribution in [1.82, 2.24) is 10.3 Å². The summed E-state index contributed by atoms with van der Waals surface area (Å²) < 4.78 is 18.7. The zero-order valence-corrected chi connectivity index (χ0v) is 12.7. The molecule has 0 amide bonds. The van der Waals surface area contributed by atoms with Crippen LogP contribution < -0.4 is 10.1 Å². The van der Waals surface area contributed by atoms with Gasteiger partial charge in [0.2, 0.25) is 5.88 Å². The van der Waals surface area contributed by atoms with Crippen LogP contribution in [0.5, 0.6) is 11.6 Å². The minimum atomic E-state index is -0.279. The third-order valence-corrected chi connectivity index (χ3v) is 3.09. The van der Waals surface area contributed by atoms with Gasteiger partial charge in [-0.05, 0) is 48.4 Å². The highest BCUT2D eigenvalue weighted by Crippen LogP contribution is 2.24. The zero-order chi connectivity index (χ0) is 15.2. The van der Waals surface area contributed by atoms with E-state index in [0.717, 1.165) is 24.3 Å². The Kier molecular flexibility index (Phi) is 5.28. The average molecular weight is 288 g/mol. The summed E-state index contributed by atoms with van der Waals surface area (Å²) in [4.78, 5) is 4.51. The van der Waals surface area contributed by atoms with Gasteiger partial charge in [-0.1, -0.05) is 20.8 Å². The van der Waals surface area contributed by atoms with Crippen molar-refractivity contribution in [3.05, 3.63) is 53.5 Å². The van der Waals surface area contributed by atoms with Gasteiger partial charge in [0.05, 0.1) is 0 Å². The normalized spacial score (nSPS) is 10.9. The second kappa shape index (κ2) is 7.18. The van der Waals surface area contributed by atoms with Gasteiger partial charge in [-0.3, -0.25) is 0 Å². The number of ether oxygens (including phenoxy) is 1. The van der Waals surface area contributed by atoms with Gasteiger partial charge in [-0.15, -0.1) is 0 Å². The van der Waals surface area contributed by atoms with Crippen molar-refractivity contribution in [3.8, 4) is 11.6 Å². The maximum Gasteiger partial charge on any atom is 0.219 e. The molecule has 0 unspecified atom stereocenters. The molecule has 0 aliphatic heterocycles. The molecule has 2 rings (SSSR count). The molecular weight excluding hydrogens is 267 g/mol. The Hall–Kier alpha value is -1.94. The summed E-state index contributed by atoms with van der Waals surface area (Å²) in [5.74, 6) is 1.17. The number of halogens is 1. The molecule has 1 aromatic heterocycles. The van der Waals surface area contributed by atoms with E-state index in [2.05, 4.69) is 37.1 Å². The van der Waals surface area contributed by atoms with Crippen molar-refractivity contribution in [2.24, 2.45) is 0 Å². The summed E-state index contributed by atoms with van der Waals surface area (Å²) in [6.45, 7) is 7.95. The van der Waals surface area contributed by atoms with E-state index in [0.29, 0.717) is 17.5 Å². The molecule has 0 saturated carbocycles. The van der Waals surface area contributed by atoms with Gasteiger partial charge in [0, 0.05) is 18.3 Å². The minimum Gasteiger partial charge on any atom is -0.439 e. The van der Waals surface area contributed by atoms with E-state index in [1.54, 1.807) is 12.1 Å². The van der Waals surface area contributed by atoms with E-state index >= 15 is 0 Å². The molecule has 0 fully saturated rings. The summed E-state index contributed by atoms with van der Waals surface area (Å²) in [5, 5.41) is 3.30. The number of hydrogen-bond acceptors (Lipinski definition) is 3. The fraction of sp³-hybridized carbons (Fsp3) is 0.353. The number of rotatable bonds is 6. The van der Waals surface area contributed by atoms with E-state index in [9.17, 15) is 4.39 Å². The number of nitrogens with zero attached hydrogens (tertiary/aromatic N) is 1. The van der Waals surface area contributed by atoms with Crippen LogP contribution >= 0.6 is 0 Å². The highest BCUT2D eigenvalue weighted by Gasteiger charge is 2.08. The molecule has 4 heteroatoms. The third kappa shape index (κ3) is 4.53. The number of hydrogen-bond donors (Lipinski definition) is 1. The lowest BCUT2D eigenvalue weighted by Crippen LogP contribution is -2.12. The first-order valence-corrected chi connectivity index (χ1v) is 7.23. The summed E-state index contributed by atoms with van der Waals surface area (Å²) in [5.41, 5.74) is 2.12. The highest BCUT2D eigenvalue weighted by molar-refractivity contribution is 5.31. The quantitative estimate of drug-likeness (QED) is 0.863. The predicted octanol–water partition coefficient (Wildman–Crippen LogP) is 4.25. The van der Waals surface area contributed by atoms with E-state index in [4.69, 9.17) is 4.74 Å². The SMILES string of the molecule is CCNCc1cc(Oc2ccc(F)cc2)nc(C(C)C)c1. The van der Waals surface area contributed by atoms with Crippen LogP contribution in [-0.2, 0) is 6.54 Å². The van der Waals surface area contributed by atoms with Crippen LogP contribution in [-0.4, -0.2) is 11.5 Å². The largest absolute Gasteiger partial charge is 0.439 e. The number of nitrogens with one attached hydrogen (secondary N) is 1. The molecule has 0 atom stereocenters. The second-order valence-electron chi connectivity index (χ2n) is 5.23. The first kappa shape index (κ1) is 15.4. The number of benzene rings is 1. The van der Waals surface area contributed by atoms with E-state index in [-0.39, 0.29) is 5.82 Å². The Morgan fingerprint density at radius 1 is 1.19 bits per heavy atom. The van der Waals surface area contributed by atoms with Crippen molar-refractivity contribution in [1.29, 1.82) is 0 Å². The Labute approximate surface area is 125 Å². The first-order chi connectivity index (χ1) is 10.1. The standard InChI is InChI=1S/C17H21FN2O/c1-4-19-11-13-9-16(12(2)3)20-17(10-13)21-15-7-5-14(18)6-8-15/h5-10,12,19H,4,11H2,1-3H3. The lowest BCUT2D eigenvalue weighted by atomic mass is 10.1. The molecule has 0 saturated heterocycles. The minimum absolute atomic E-state index is 0.279. The van der Waals surface area contributed by atoms with Crippen molar-refractivity contribution in [3.63, 3.8) is 0 Å². The Morgan fingerprint density at radius 3 is 2.52 bits per heavy atom. The molecule has 112 valence electrons. The van der Waals surface area contributed by atoms with Crippen LogP contribution in [0.4, 0.5) is 4.39 Å². The number of pyridine rings is 1. The summed E-state index contributed by atoms with van der Waals surface area (Å²) in [7, 11) is 0. The molecule has 3 nitrogen and oxygen atoms in total. The van der Waals surface area contributed by atoms with Crippen molar-refractivity contribution < 1.29 is 9.13 Å². The number of aromatic nitrogens is 1. The smallest absolute Gasteiger partial charge is 0.219 e. The fourth-order valence-electron chi connectivity index (χ4n) is 1.92. The monoisotopic (exact) mass is 288 g/mol. The molecular formula is C17H21FN2O. The molecule has 0 spiro atoms. The average Bonchev–Trinajstić information content (AvgIpc) is 2.47. The third-order valence-electron chi connectivity index (χ3n) is 3.09. The lowest BCUT2D eigenvalue weighted by molar-refractivity contribution is 0.456. The zero-order valence-electron chi connectivity index (χ0n) is 12.7. The van der Waals surface area contributed by atoms with Gasteiger partial charge in [0.15, 0.2) is 0 Å². The molecule has 0 bridgehead atoms. The van der Waals surface area contributed by atoms with E-state index < -0.39 is 0 Å². The van der Waals surface area contributed by atoms with Crippen molar-refractivity contribution >= 4 is 0 Å². The molecule has 2 aromatic rings. The van der Waals surface area contributed by atoms with Crippen LogP contribution in [0.1, 0.15) is 37.9 Å². The van der Waals surface area contributed by atoms with Gasteiger partial charge in [0.1, 0.15) is 11.6 Å². The van der Waals surface area contributed by atoms with E-state index in [1.807, 2.05) is 6.07 Å². The molecule has 0 aliphatic carbocycles. The first-order valence-electron chi connectivity index (χ1n) is 7.23. The van der Waals surface area contributed by atoms with Crippen molar-refractivity contribution in [2.75, 3.05) is 6.54 Å². The molecule has 1 heterocycles. The Morgan fingerprint density at radius 2 is 1.90 bits per heavy atom. The Bertz CT molecular complexity index is 582. The van der Waals surface area contributed by atoms with Crippen molar-refractivity contribution in [2.45, 2.75) is 33.2 Å². The lowest BCUT2D eigenvalue weighted by Gasteiger charge is -2.12. The van der Waals surface area contributed by atoms with E-state index in [1.165, 1.54) is 12.1 Å². The van der Waals surface area contributed by atoms with Gasteiger partial charge >= 0.3 is 0 Å². The topological polar surface area (TPSA) is 34.1 Å². The molecule has 0 radical (unpaired) electrons. The fourth-order valence-corrected chi connectivity index (χ4v) is 1.92. The molecule has 1 aromatic carbocycles. The van der Waals surface area contributed by atoms with Gasteiger partial charge < -0.3 is 10.1 Å². The molecule has 0 aliphatic rings. The van der Waals surface area contributed by atoms with Crippen LogP contribution in [0, 0.1) is 5.82 Å². The summed E-state index contributed by atoms with van der Waals surface area (Å²) in [6.07, 6.45) is 0. The molecule has 21 heavy (non-hydrogen) atoms. The van der Waals surface area contributed by atoms with Gasteiger partial charge in [-0.25, -0.2) is 9.37 Å². The molecule has 1 N–H and O–H groups in total. The van der Waals surface area contributed by atoms with Gasteiger partial charge in [0.25, 0.3) is 0 Å². The second-order valence-corrected chi connectivity index (χ2v) is 5.23. The maximum atomic E-state index is 12.9. The summed E-state index contributed by atoms with van der Waals surface area (Å²) in [6, 6.07) is 9.96. The maximum absolute atomic E-state index is 12.9.